The van der Waals surface area contributed by atoms with Crippen LogP contribution in [-0.2, 0) is 16.1 Å². The number of hydrazine groups is 1. The molecule has 2 N–H and O–H groups in total. The summed E-state index contributed by atoms with van der Waals surface area (Å²) in [6.07, 6.45) is -1.63. The molecule has 1 aromatic carbocycles. The molecular formula is C13H16F2N2O3S. The molecule has 1 rings (SSSR count). The van der Waals surface area contributed by atoms with Crippen LogP contribution in [0.2, 0.25) is 0 Å². The molecule has 0 aromatic heterocycles. The number of alkyl halides is 2. The molecule has 8 heteroatoms. The first-order valence-corrected chi connectivity index (χ1v) is 6.62. The van der Waals surface area contributed by atoms with E-state index in [4.69, 9.17) is 4.74 Å². The van der Waals surface area contributed by atoms with Gasteiger partial charge in [-0.2, -0.15) is 12.6 Å². The van der Waals surface area contributed by atoms with Crippen LogP contribution >= 0.6 is 12.6 Å². The van der Waals surface area contributed by atoms with Gasteiger partial charge in [0.05, 0.1) is 5.25 Å². The molecule has 1 aromatic rings. The van der Waals surface area contributed by atoms with Gasteiger partial charge in [0.2, 0.25) is 5.92 Å². The van der Waals surface area contributed by atoms with Gasteiger partial charge >= 0.3 is 6.09 Å². The number of rotatable bonds is 5. The number of carbonyl (C=O) groups excluding carboxylic acids is 2. The monoisotopic (exact) mass is 318 g/mol. The van der Waals surface area contributed by atoms with E-state index in [0.717, 1.165) is 5.56 Å². The third-order valence-corrected chi connectivity index (χ3v) is 2.77. The van der Waals surface area contributed by atoms with Crippen molar-refractivity contribution in [3.05, 3.63) is 35.9 Å². The molecule has 0 fully saturated rings. The molecule has 0 radical (unpaired) electrons. The zero-order valence-corrected chi connectivity index (χ0v) is 12.2. The molecule has 116 valence electrons. The van der Waals surface area contributed by atoms with Gasteiger partial charge in [-0.3, -0.25) is 10.2 Å². The summed E-state index contributed by atoms with van der Waals surface area (Å²) in [4.78, 5) is 22.7. The van der Waals surface area contributed by atoms with Crippen LogP contribution in [0.1, 0.15) is 18.9 Å². The predicted molar refractivity (Wildman–Crippen MR) is 75.9 cm³/mol. The van der Waals surface area contributed by atoms with Crippen LogP contribution in [0.25, 0.3) is 0 Å². The molecule has 0 aliphatic rings. The second-order valence-corrected chi connectivity index (χ2v) is 5.09. The molecule has 0 saturated heterocycles. The lowest BCUT2D eigenvalue weighted by atomic mass is 10.2. The number of thiol groups is 1. The molecule has 0 bridgehead atoms. The maximum Gasteiger partial charge on any atom is 0.426 e. The highest BCUT2D eigenvalue weighted by atomic mass is 32.1. The predicted octanol–water partition coefficient (Wildman–Crippen LogP) is 2.29. The third-order valence-electron chi connectivity index (χ3n) is 2.35. The summed E-state index contributed by atoms with van der Waals surface area (Å²) in [6.45, 7) is 0.713. The Hall–Kier alpha value is -1.83. The number of ether oxygens (including phenoxy) is 1. The van der Waals surface area contributed by atoms with Crippen molar-refractivity contribution in [2.45, 2.75) is 31.1 Å². The van der Waals surface area contributed by atoms with Crippen LogP contribution in [0.3, 0.4) is 0 Å². The van der Waals surface area contributed by atoms with Gasteiger partial charge in [0.1, 0.15) is 6.61 Å². The highest BCUT2D eigenvalue weighted by Crippen LogP contribution is 2.21. The number of benzene rings is 1. The zero-order chi connectivity index (χ0) is 15.9. The van der Waals surface area contributed by atoms with E-state index in [1.54, 1.807) is 24.3 Å². The van der Waals surface area contributed by atoms with Gasteiger partial charge < -0.3 is 4.74 Å². The minimum atomic E-state index is -3.02. The minimum absolute atomic E-state index is 0.0277. The largest absolute Gasteiger partial charge is 0.443 e. The summed E-state index contributed by atoms with van der Waals surface area (Å²) < 4.78 is 30.2. The normalized spacial score (nSPS) is 12.4. The number of hydrogen-bond donors (Lipinski definition) is 3. The minimum Gasteiger partial charge on any atom is -0.443 e. The number of carbonyl (C=O) groups is 2. The summed E-state index contributed by atoms with van der Waals surface area (Å²) in [5, 5.41) is -1.24. The highest BCUT2D eigenvalue weighted by molar-refractivity contribution is 7.81. The Labute approximate surface area is 126 Å². The Morgan fingerprint density at radius 1 is 1.29 bits per heavy atom. The first kappa shape index (κ1) is 17.2. The first-order chi connectivity index (χ1) is 9.78. The molecule has 0 aliphatic carbocycles. The number of halogens is 2. The van der Waals surface area contributed by atoms with Gasteiger partial charge in [-0.05, 0) is 12.5 Å². The zero-order valence-electron chi connectivity index (χ0n) is 11.3. The van der Waals surface area contributed by atoms with Gasteiger partial charge in [-0.15, -0.1) is 0 Å². The van der Waals surface area contributed by atoms with Gasteiger partial charge in [-0.1, -0.05) is 30.3 Å². The molecule has 0 aliphatic heterocycles. The lowest BCUT2D eigenvalue weighted by Gasteiger charge is -2.16. The summed E-state index contributed by atoms with van der Waals surface area (Å²) in [6, 6.07) is 8.92. The fourth-order valence-electron chi connectivity index (χ4n) is 1.39. The molecule has 1 unspecified atom stereocenters. The Balaban J connectivity index is 2.28. The van der Waals surface area contributed by atoms with Crippen molar-refractivity contribution >= 4 is 24.6 Å². The Kier molecular flexibility index (Phi) is 6.41. The van der Waals surface area contributed by atoms with Gasteiger partial charge in [-0.25, -0.2) is 19.0 Å². The number of amides is 2. The SMILES string of the molecule is CC(F)(F)CC(S)C(=O)NNC(=O)OCc1ccccc1. The number of nitrogens with one attached hydrogen (secondary N) is 2. The molecule has 1 atom stereocenters. The van der Waals surface area contributed by atoms with E-state index < -0.39 is 29.6 Å². The van der Waals surface area contributed by atoms with Crippen LogP contribution in [0, 0.1) is 0 Å². The van der Waals surface area contributed by atoms with E-state index in [1.165, 1.54) is 0 Å². The van der Waals surface area contributed by atoms with Crippen molar-refractivity contribution in [1.29, 1.82) is 0 Å². The smallest absolute Gasteiger partial charge is 0.426 e. The number of hydrogen-bond acceptors (Lipinski definition) is 4. The molecular weight excluding hydrogens is 302 g/mol. The van der Waals surface area contributed by atoms with Gasteiger partial charge in [0.15, 0.2) is 0 Å². The Morgan fingerprint density at radius 3 is 2.48 bits per heavy atom. The van der Waals surface area contributed by atoms with Gasteiger partial charge in [0, 0.05) is 6.42 Å². The van der Waals surface area contributed by atoms with E-state index in [9.17, 15) is 18.4 Å². The quantitative estimate of drug-likeness (QED) is 0.576. The van der Waals surface area contributed by atoms with E-state index in [2.05, 4.69) is 12.6 Å². The van der Waals surface area contributed by atoms with Crippen molar-refractivity contribution in [3.63, 3.8) is 0 Å². The average molecular weight is 318 g/mol. The summed E-state index contributed by atoms with van der Waals surface area (Å²) in [5.74, 6) is -3.85. The van der Waals surface area contributed by atoms with Crippen LogP contribution in [0.15, 0.2) is 30.3 Å². The lowest BCUT2D eigenvalue weighted by molar-refractivity contribution is -0.123. The summed E-state index contributed by atoms with van der Waals surface area (Å²) in [5.41, 5.74) is 4.71. The lowest BCUT2D eigenvalue weighted by Crippen LogP contribution is -2.46. The van der Waals surface area contributed by atoms with Crippen LogP contribution in [0.5, 0.6) is 0 Å². The van der Waals surface area contributed by atoms with Crippen molar-refractivity contribution in [1.82, 2.24) is 10.9 Å². The van der Waals surface area contributed by atoms with E-state index in [1.807, 2.05) is 16.9 Å². The second kappa shape index (κ2) is 7.82. The van der Waals surface area contributed by atoms with Crippen molar-refractivity contribution in [2.24, 2.45) is 0 Å². The topological polar surface area (TPSA) is 67.4 Å². The van der Waals surface area contributed by atoms with Crippen molar-refractivity contribution in [2.75, 3.05) is 0 Å². The fourth-order valence-corrected chi connectivity index (χ4v) is 1.77. The second-order valence-electron chi connectivity index (χ2n) is 4.47. The molecule has 0 heterocycles. The molecule has 5 nitrogen and oxygen atoms in total. The Morgan fingerprint density at radius 2 is 1.90 bits per heavy atom. The van der Waals surface area contributed by atoms with Crippen LogP contribution in [0.4, 0.5) is 13.6 Å². The maximum atomic E-state index is 12.7. The average Bonchev–Trinajstić information content (AvgIpc) is 2.41. The van der Waals surface area contributed by atoms with Crippen molar-refractivity contribution in [3.8, 4) is 0 Å². The van der Waals surface area contributed by atoms with Crippen LogP contribution < -0.4 is 10.9 Å². The standard InChI is InChI=1S/C13H16F2N2O3S/c1-13(14,15)7-10(21)11(18)16-17-12(19)20-8-9-5-3-2-4-6-9/h2-6,10,21H,7-8H2,1H3,(H,16,18)(H,17,19). The maximum absolute atomic E-state index is 12.7. The summed E-state index contributed by atoms with van der Waals surface area (Å²) in [7, 11) is 0. The Bertz CT molecular complexity index is 480. The molecule has 2 amide bonds. The van der Waals surface area contributed by atoms with Crippen LogP contribution in [-0.4, -0.2) is 23.2 Å². The van der Waals surface area contributed by atoms with E-state index in [-0.39, 0.29) is 6.61 Å². The third kappa shape index (κ3) is 7.50. The highest BCUT2D eigenvalue weighted by Gasteiger charge is 2.29. The first-order valence-electron chi connectivity index (χ1n) is 6.10. The molecule has 0 spiro atoms. The van der Waals surface area contributed by atoms with E-state index >= 15 is 0 Å². The summed E-state index contributed by atoms with van der Waals surface area (Å²) >= 11 is 3.75. The van der Waals surface area contributed by atoms with Crippen molar-refractivity contribution < 1.29 is 23.1 Å². The van der Waals surface area contributed by atoms with E-state index in [0.29, 0.717) is 6.92 Å². The molecule has 0 saturated carbocycles. The molecule has 21 heavy (non-hydrogen) atoms. The fraction of sp³-hybridized carbons (Fsp3) is 0.385. The van der Waals surface area contributed by atoms with Gasteiger partial charge in [0.25, 0.3) is 5.91 Å².